The van der Waals surface area contributed by atoms with Gasteiger partial charge >= 0.3 is 5.97 Å². The largest absolute Gasteiger partial charge is 0.479 e. The Morgan fingerprint density at radius 2 is 1.88 bits per heavy atom. The van der Waals surface area contributed by atoms with Gasteiger partial charge in [-0.3, -0.25) is 4.79 Å². The van der Waals surface area contributed by atoms with E-state index in [0.29, 0.717) is 17.5 Å². The summed E-state index contributed by atoms with van der Waals surface area (Å²) in [7, 11) is 0. The third kappa shape index (κ3) is 2.10. The van der Waals surface area contributed by atoms with E-state index in [2.05, 4.69) is 0 Å². The lowest BCUT2D eigenvalue weighted by atomic mass is 10.1. The Labute approximate surface area is 98.1 Å². The molecule has 0 amide bonds. The Hall–Kier alpha value is -2.36. The second kappa shape index (κ2) is 4.65. The van der Waals surface area contributed by atoms with Crippen LogP contribution in [0.3, 0.4) is 0 Å². The molecule has 0 aliphatic heterocycles. The van der Waals surface area contributed by atoms with E-state index >= 15 is 0 Å². The molecule has 0 saturated heterocycles. The SMILES string of the molecule is O=Cc1cccn1[C@H](C(=O)O)c1ccccc1. The zero-order chi connectivity index (χ0) is 12.3. The summed E-state index contributed by atoms with van der Waals surface area (Å²) >= 11 is 0. The Bertz CT molecular complexity index is 531. The van der Waals surface area contributed by atoms with Crippen LogP contribution in [-0.4, -0.2) is 21.9 Å². The van der Waals surface area contributed by atoms with Gasteiger partial charge in [0.05, 0.1) is 5.69 Å². The molecule has 0 aliphatic carbocycles. The van der Waals surface area contributed by atoms with E-state index in [1.54, 1.807) is 42.6 Å². The first-order valence-electron chi connectivity index (χ1n) is 5.14. The number of aldehydes is 1. The van der Waals surface area contributed by atoms with E-state index in [1.165, 1.54) is 4.57 Å². The zero-order valence-corrected chi connectivity index (χ0v) is 8.98. The average Bonchev–Trinajstić information content (AvgIpc) is 2.78. The van der Waals surface area contributed by atoms with Crippen LogP contribution in [0.5, 0.6) is 0 Å². The highest BCUT2D eigenvalue weighted by atomic mass is 16.4. The van der Waals surface area contributed by atoms with Gasteiger partial charge in [-0.2, -0.15) is 0 Å². The molecule has 0 bridgehead atoms. The molecule has 1 heterocycles. The first kappa shape index (κ1) is 11.1. The van der Waals surface area contributed by atoms with Gasteiger partial charge < -0.3 is 9.67 Å². The van der Waals surface area contributed by atoms with Gasteiger partial charge in [0.2, 0.25) is 0 Å². The van der Waals surface area contributed by atoms with Gasteiger partial charge in [0.1, 0.15) is 0 Å². The Morgan fingerprint density at radius 1 is 1.18 bits per heavy atom. The van der Waals surface area contributed by atoms with Crippen LogP contribution >= 0.6 is 0 Å². The average molecular weight is 229 g/mol. The minimum Gasteiger partial charge on any atom is -0.479 e. The molecule has 0 spiro atoms. The summed E-state index contributed by atoms with van der Waals surface area (Å²) in [6, 6.07) is 11.2. The number of hydrogen-bond acceptors (Lipinski definition) is 2. The maximum Gasteiger partial charge on any atom is 0.331 e. The smallest absolute Gasteiger partial charge is 0.331 e. The van der Waals surface area contributed by atoms with Crippen molar-refractivity contribution in [2.45, 2.75) is 6.04 Å². The van der Waals surface area contributed by atoms with Gasteiger partial charge in [0, 0.05) is 6.20 Å². The number of aromatic nitrogens is 1. The molecule has 4 heteroatoms. The molecule has 0 unspecified atom stereocenters. The van der Waals surface area contributed by atoms with E-state index in [9.17, 15) is 14.7 Å². The van der Waals surface area contributed by atoms with Gasteiger partial charge in [-0.05, 0) is 17.7 Å². The molecule has 86 valence electrons. The van der Waals surface area contributed by atoms with Crippen LogP contribution in [-0.2, 0) is 4.79 Å². The number of carbonyl (C=O) groups excluding carboxylic acids is 1. The Kier molecular flexibility index (Phi) is 3.05. The summed E-state index contributed by atoms with van der Waals surface area (Å²) in [5.41, 5.74) is 0.987. The maximum atomic E-state index is 11.3. The lowest BCUT2D eigenvalue weighted by Gasteiger charge is -2.16. The van der Waals surface area contributed by atoms with Gasteiger partial charge in [-0.15, -0.1) is 0 Å². The molecular weight excluding hydrogens is 218 g/mol. The zero-order valence-electron chi connectivity index (χ0n) is 8.98. The van der Waals surface area contributed by atoms with E-state index in [-0.39, 0.29) is 0 Å². The van der Waals surface area contributed by atoms with Crippen molar-refractivity contribution >= 4 is 12.3 Å². The molecule has 2 rings (SSSR count). The van der Waals surface area contributed by atoms with Crippen molar-refractivity contribution in [3.8, 4) is 0 Å². The van der Waals surface area contributed by atoms with Gasteiger partial charge in [0.25, 0.3) is 0 Å². The predicted octanol–water partition coefficient (Wildman–Crippen LogP) is 1.97. The lowest BCUT2D eigenvalue weighted by molar-refractivity contribution is -0.139. The highest BCUT2D eigenvalue weighted by Crippen LogP contribution is 2.20. The highest BCUT2D eigenvalue weighted by molar-refractivity contribution is 5.79. The quantitative estimate of drug-likeness (QED) is 0.815. The molecule has 0 radical (unpaired) electrons. The predicted molar refractivity (Wildman–Crippen MR) is 62.0 cm³/mol. The number of aliphatic carboxylic acids is 1. The first-order valence-corrected chi connectivity index (χ1v) is 5.14. The monoisotopic (exact) mass is 229 g/mol. The number of carbonyl (C=O) groups is 2. The fourth-order valence-electron chi connectivity index (χ4n) is 1.80. The van der Waals surface area contributed by atoms with E-state index in [1.807, 2.05) is 6.07 Å². The molecule has 0 aliphatic rings. The molecule has 1 atom stereocenters. The van der Waals surface area contributed by atoms with Crippen molar-refractivity contribution < 1.29 is 14.7 Å². The van der Waals surface area contributed by atoms with Crippen molar-refractivity contribution in [1.29, 1.82) is 0 Å². The molecule has 17 heavy (non-hydrogen) atoms. The summed E-state index contributed by atoms with van der Waals surface area (Å²) in [6.07, 6.45) is 2.24. The van der Waals surface area contributed by atoms with Crippen molar-refractivity contribution in [2.24, 2.45) is 0 Å². The summed E-state index contributed by atoms with van der Waals surface area (Å²) in [6.45, 7) is 0. The normalized spacial score (nSPS) is 12.0. The second-order valence-electron chi connectivity index (χ2n) is 3.61. The summed E-state index contributed by atoms with van der Waals surface area (Å²) < 4.78 is 1.45. The fourth-order valence-corrected chi connectivity index (χ4v) is 1.80. The molecule has 0 saturated carbocycles. The lowest BCUT2D eigenvalue weighted by Crippen LogP contribution is -2.21. The Morgan fingerprint density at radius 3 is 2.47 bits per heavy atom. The van der Waals surface area contributed by atoms with Crippen LogP contribution in [0.15, 0.2) is 48.7 Å². The van der Waals surface area contributed by atoms with E-state index in [4.69, 9.17) is 0 Å². The van der Waals surface area contributed by atoms with Crippen molar-refractivity contribution in [3.05, 3.63) is 59.9 Å². The third-order valence-electron chi connectivity index (χ3n) is 2.56. The Balaban J connectivity index is 2.51. The van der Waals surface area contributed by atoms with Crippen molar-refractivity contribution in [2.75, 3.05) is 0 Å². The van der Waals surface area contributed by atoms with Crippen LogP contribution in [0.4, 0.5) is 0 Å². The fraction of sp³-hybridized carbons (Fsp3) is 0.0769. The van der Waals surface area contributed by atoms with Gasteiger partial charge in [0.15, 0.2) is 12.3 Å². The van der Waals surface area contributed by atoms with E-state index in [0.717, 1.165) is 0 Å². The summed E-state index contributed by atoms with van der Waals surface area (Å²) in [5, 5.41) is 9.28. The van der Waals surface area contributed by atoms with E-state index < -0.39 is 12.0 Å². The number of nitrogens with zero attached hydrogens (tertiary/aromatic N) is 1. The standard InChI is InChI=1S/C13H11NO3/c15-9-11-7-4-8-14(11)12(13(16)17)10-5-2-1-3-6-10/h1-9,12H,(H,16,17)/t12-/m0/s1. The number of carboxylic acids is 1. The number of hydrogen-bond donors (Lipinski definition) is 1. The molecular formula is C13H11NO3. The minimum atomic E-state index is -0.990. The maximum absolute atomic E-state index is 11.3. The second-order valence-corrected chi connectivity index (χ2v) is 3.61. The van der Waals surface area contributed by atoms with Crippen LogP contribution in [0.1, 0.15) is 22.1 Å². The molecule has 1 aromatic heterocycles. The molecule has 1 N–H and O–H groups in total. The molecule has 2 aromatic rings. The highest BCUT2D eigenvalue weighted by Gasteiger charge is 2.22. The molecule has 4 nitrogen and oxygen atoms in total. The molecule has 1 aromatic carbocycles. The number of rotatable bonds is 4. The van der Waals surface area contributed by atoms with Crippen LogP contribution < -0.4 is 0 Å². The van der Waals surface area contributed by atoms with Crippen LogP contribution in [0.2, 0.25) is 0 Å². The van der Waals surface area contributed by atoms with Crippen LogP contribution in [0.25, 0.3) is 0 Å². The topological polar surface area (TPSA) is 59.3 Å². The summed E-state index contributed by atoms with van der Waals surface area (Å²) in [5.74, 6) is -0.990. The number of benzene rings is 1. The summed E-state index contributed by atoms with van der Waals surface area (Å²) in [4.78, 5) is 22.2. The third-order valence-corrected chi connectivity index (χ3v) is 2.56. The first-order chi connectivity index (χ1) is 8.24. The van der Waals surface area contributed by atoms with Crippen molar-refractivity contribution in [1.82, 2.24) is 4.57 Å². The number of carboxylic acid groups (broad SMARTS) is 1. The van der Waals surface area contributed by atoms with Gasteiger partial charge in [-0.1, -0.05) is 30.3 Å². The van der Waals surface area contributed by atoms with Crippen molar-refractivity contribution in [3.63, 3.8) is 0 Å². The van der Waals surface area contributed by atoms with Gasteiger partial charge in [-0.25, -0.2) is 4.79 Å². The van der Waals surface area contributed by atoms with Crippen LogP contribution in [0, 0.1) is 0 Å². The molecule has 0 fully saturated rings. The minimum absolute atomic E-state index is 0.348.